The Labute approximate surface area is 112 Å². The maximum absolute atomic E-state index is 11.1. The summed E-state index contributed by atoms with van der Waals surface area (Å²) in [4.78, 5) is 13.4. The van der Waals surface area contributed by atoms with E-state index in [0.717, 1.165) is 18.7 Å². The maximum atomic E-state index is 11.1. The first-order valence-electron chi connectivity index (χ1n) is 6.03. The molecule has 2 rings (SSSR count). The van der Waals surface area contributed by atoms with E-state index >= 15 is 0 Å². The number of carbonyl (C=O) groups excluding carboxylic acids is 1. The molecule has 1 aliphatic rings. The van der Waals surface area contributed by atoms with Gasteiger partial charge < -0.3 is 16.0 Å². The van der Waals surface area contributed by atoms with E-state index in [1.165, 1.54) is 0 Å². The van der Waals surface area contributed by atoms with E-state index in [2.05, 4.69) is 24.2 Å². The molecule has 0 spiro atoms. The van der Waals surface area contributed by atoms with Crippen molar-refractivity contribution in [2.45, 2.75) is 25.4 Å². The monoisotopic (exact) mass is 267 g/mol. The number of benzene rings is 1. The Balaban J connectivity index is 2.14. The van der Waals surface area contributed by atoms with Gasteiger partial charge in [0.05, 0.1) is 10.7 Å². The van der Waals surface area contributed by atoms with Crippen molar-refractivity contribution in [2.75, 3.05) is 18.9 Å². The smallest absolute Gasteiger partial charge is 0.248 e. The minimum absolute atomic E-state index is 0.352. The number of hydrogen-bond acceptors (Lipinski definition) is 3. The Morgan fingerprint density at radius 3 is 2.83 bits per heavy atom. The van der Waals surface area contributed by atoms with E-state index in [9.17, 15) is 4.79 Å². The predicted octanol–water partition coefficient (Wildman–Crippen LogP) is 1.94. The number of nitrogens with two attached hydrogens (primary N) is 1. The highest BCUT2D eigenvalue weighted by Crippen LogP contribution is 2.26. The predicted molar refractivity (Wildman–Crippen MR) is 74.1 cm³/mol. The molecule has 0 bridgehead atoms. The molecule has 0 radical (unpaired) electrons. The lowest BCUT2D eigenvalue weighted by Gasteiger charge is -2.16. The number of halogens is 1. The molecule has 3 N–H and O–H groups in total. The Morgan fingerprint density at radius 1 is 1.56 bits per heavy atom. The van der Waals surface area contributed by atoms with Gasteiger partial charge in [0.1, 0.15) is 0 Å². The van der Waals surface area contributed by atoms with Crippen LogP contribution in [0.15, 0.2) is 18.2 Å². The lowest BCUT2D eigenvalue weighted by molar-refractivity contribution is 0.100. The average molecular weight is 268 g/mol. The number of anilines is 1. The highest BCUT2D eigenvalue weighted by Gasteiger charge is 2.26. The molecule has 1 aromatic carbocycles. The fourth-order valence-electron chi connectivity index (χ4n) is 2.31. The fraction of sp³-hybridized carbons (Fsp3) is 0.462. The van der Waals surface area contributed by atoms with Crippen molar-refractivity contribution in [3.05, 3.63) is 28.8 Å². The number of amides is 1. The summed E-state index contributed by atoms with van der Waals surface area (Å²) < 4.78 is 0. The summed E-state index contributed by atoms with van der Waals surface area (Å²) in [6.07, 6.45) is 1.06. The van der Waals surface area contributed by atoms with E-state index < -0.39 is 5.91 Å². The molecule has 5 heteroatoms. The largest absolute Gasteiger partial charge is 0.380 e. The van der Waals surface area contributed by atoms with E-state index in [4.69, 9.17) is 17.3 Å². The van der Waals surface area contributed by atoms with Gasteiger partial charge in [-0.25, -0.2) is 0 Å². The van der Waals surface area contributed by atoms with E-state index in [0.29, 0.717) is 22.7 Å². The van der Waals surface area contributed by atoms with Crippen LogP contribution in [0.25, 0.3) is 0 Å². The molecular formula is C13H18ClN3O. The van der Waals surface area contributed by atoms with Crippen molar-refractivity contribution < 1.29 is 4.79 Å². The van der Waals surface area contributed by atoms with Crippen LogP contribution in [0.1, 0.15) is 23.7 Å². The number of nitrogens with zero attached hydrogens (tertiary/aromatic N) is 1. The fourth-order valence-corrected chi connectivity index (χ4v) is 2.48. The van der Waals surface area contributed by atoms with Crippen molar-refractivity contribution in [1.29, 1.82) is 0 Å². The van der Waals surface area contributed by atoms with Crippen molar-refractivity contribution >= 4 is 23.2 Å². The van der Waals surface area contributed by atoms with Gasteiger partial charge in [-0.05, 0) is 38.6 Å². The van der Waals surface area contributed by atoms with Crippen LogP contribution in [-0.4, -0.2) is 36.5 Å². The van der Waals surface area contributed by atoms with Crippen LogP contribution in [-0.2, 0) is 0 Å². The highest BCUT2D eigenvalue weighted by atomic mass is 35.5. The third kappa shape index (κ3) is 2.76. The highest BCUT2D eigenvalue weighted by molar-refractivity contribution is 6.33. The second kappa shape index (κ2) is 5.16. The third-order valence-corrected chi connectivity index (χ3v) is 3.83. The molecule has 1 amide bonds. The average Bonchev–Trinajstić information content (AvgIpc) is 2.61. The molecule has 98 valence electrons. The zero-order valence-electron chi connectivity index (χ0n) is 10.6. The van der Waals surface area contributed by atoms with Crippen LogP contribution >= 0.6 is 11.6 Å². The summed E-state index contributed by atoms with van der Waals surface area (Å²) in [7, 11) is 2.10. The van der Waals surface area contributed by atoms with E-state index in [1.54, 1.807) is 18.2 Å². The number of nitrogens with one attached hydrogen (secondary N) is 1. The molecule has 1 saturated heterocycles. The van der Waals surface area contributed by atoms with Crippen molar-refractivity contribution in [1.82, 2.24) is 4.90 Å². The molecule has 0 aromatic heterocycles. The number of rotatable bonds is 3. The molecule has 2 unspecified atom stereocenters. The number of likely N-dealkylation sites (N-methyl/N-ethyl adjacent to an activating group) is 1. The van der Waals surface area contributed by atoms with E-state index in [1.807, 2.05) is 0 Å². The van der Waals surface area contributed by atoms with Gasteiger partial charge in [0.25, 0.3) is 0 Å². The molecule has 2 atom stereocenters. The topological polar surface area (TPSA) is 58.4 Å². The summed E-state index contributed by atoms with van der Waals surface area (Å²) >= 11 is 6.12. The summed E-state index contributed by atoms with van der Waals surface area (Å²) in [5.74, 6) is -0.438. The van der Waals surface area contributed by atoms with Crippen molar-refractivity contribution in [2.24, 2.45) is 5.73 Å². The normalized spacial score (nSPS) is 24.2. The Hall–Kier alpha value is -1.26. The molecule has 18 heavy (non-hydrogen) atoms. The van der Waals surface area contributed by atoms with Crippen LogP contribution in [0.2, 0.25) is 5.02 Å². The van der Waals surface area contributed by atoms with Gasteiger partial charge >= 0.3 is 0 Å². The van der Waals surface area contributed by atoms with E-state index in [-0.39, 0.29) is 0 Å². The van der Waals surface area contributed by atoms with Crippen molar-refractivity contribution in [3.63, 3.8) is 0 Å². The second-order valence-corrected chi connectivity index (χ2v) is 5.33. The molecular weight excluding hydrogens is 250 g/mol. The van der Waals surface area contributed by atoms with Gasteiger partial charge in [0.2, 0.25) is 5.91 Å². The number of primary amides is 1. The summed E-state index contributed by atoms with van der Waals surface area (Å²) in [6, 6.07) is 5.96. The number of likely N-dealkylation sites (tertiary alicyclic amines) is 1. The van der Waals surface area contributed by atoms with Gasteiger partial charge in [-0.15, -0.1) is 0 Å². The summed E-state index contributed by atoms with van der Waals surface area (Å²) in [5, 5.41) is 4.00. The Morgan fingerprint density at radius 2 is 2.28 bits per heavy atom. The minimum atomic E-state index is -0.438. The van der Waals surface area contributed by atoms with Crippen LogP contribution in [0.5, 0.6) is 0 Å². The molecule has 1 heterocycles. The summed E-state index contributed by atoms with van der Waals surface area (Å²) in [6.45, 7) is 3.17. The lowest BCUT2D eigenvalue weighted by Crippen LogP contribution is -2.25. The summed E-state index contributed by atoms with van der Waals surface area (Å²) in [5.41, 5.74) is 6.52. The van der Waals surface area contributed by atoms with Gasteiger partial charge in [0.15, 0.2) is 0 Å². The molecule has 1 fully saturated rings. The zero-order valence-corrected chi connectivity index (χ0v) is 11.4. The van der Waals surface area contributed by atoms with Crippen LogP contribution < -0.4 is 11.1 Å². The molecule has 0 aliphatic carbocycles. The first-order valence-corrected chi connectivity index (χ1v) is 6.41. The SMILES string of the molecule is CC1CC(Nc2cc(C(N)=O)ccc2Cl)CN1C. The molecule has 1 aliphatic heterocycles. The molecule has 1 aromatic rings. The van der Waals surface area contributed by atoms with Gasteiger partial charge in [-0.3, -0.25) is 4.79 Å². The molecule has 4 nitrogen and oxygen atoms in total. The quantitative estimate of drug-likeness (QED) is 0.880. The van der Waals surface area contributed by atoms with Crippen LogP contribution in [0.4, 0.5) is 5.69 Å². The first kappa shape index (κ1) is 13.2. The van der Waals surface area contributed by atoms with Gasteiger partial charge in [0, 0.05) is 24.2 Å². The Bertz CT molecular complexity index is 454. The zero-order chi connectivity index (χ0) is 13.3. The standard InChI is InChI=1S/C13H18ClN3O/c1-8-5-10(7-17(8)2)16-12-6-9(13(15)18)3-4-11(12)14/h3-4,6,8,10,16H,5,7H2,1-2H3,(H2,15,18). The Kier molecular flexibility index (Phi) is 3.78. The van der Waals surface area contributed by atoms with Crippen molar-refractivity contribution in [3.8, 4) is 0 Å². The first-order chi connectivity index (χ1) is 8.47. The number of carbonyl (C=O) groups is 1. The van der Waals surface area contributed by atoms with Crippen LogP contribution in [0.3, 0.4) is 0 Å². The number of hydrogen-bond donors (Lipinski definition) is 2. The second-order valence-electron chi connectivity index (χ2n) is 4.92. The molecule has 0 saturated carbocycles. The van der Waals surface area contributed by atoms with Gasteiger partial charge in [-0.2, -0.15) is 0 Å². The minimum Gasteiger partial charge on any atom is -0.380 e. The van der Waals surface area contributed by atoms with Crippen LogP contribution in [0, 0.1) is 0 Å². The van der Waals surface area contributed by atoms with Gasteiger partial charge in [-0.1, -0.05) is 11.6 Å². The third-order valence-electron chi connectivity index (χ3n) is 3.50. The lowest BCUT2D eigenvalue weighted by atomic mass is 10.1. The maximum Gasteiger partial charge on any atom is 0.248 e.